The molecule has 0 aromatic heterocycles. The van der Waals surface area contributed by atoms with Gasteiger partial charge in [0.25, 0.3) is 0 Å². The number of ether oxygens (including phenoxy) is 2. The fraction of sp³-hybridized carbons (Fsp3) is 0.571. The van der Waals surface area contributed by atoms with Gasteiger partial charge in [0.05, 0.1) is 13.2 Å². The molecule has 0 unspecified atom stereocenters. The van der Waals surface area contributed by atoms with Crippen LogP contribution in [0.25, 0.3) is 0 Å². The van der Waals surface area contributed by atoms with Gasteiger partial charge >= 0.3 is 0 Å². The van der Waals surface area contributed by atoms with Crippen LogP contribution in [0.5, 0.6) is 5.75 Å². The summed E-state index contributed by atoms with van der Waals surface area (Å²) in [5.41, 5.74) is 4.42. The second-order valence-corrected chi connectivity index (χ2v) is 9.95. The fourth-order valence-electron chi connectivity index (χ4n) is 6.01. The van der Waals surface area contributed by atoms with E-state index in [9.17, 15) is 0 Å². The second-order valence-electron chi connectivity index (χ2n) is 9.95. The fourth-order valence-corrected chi connectivity index (χ4v) is 6.01. The number of benzene rings is 2. The predicted octanol–water partition coefficient (Wildman–Crippen LogP) is 4.56. The molecular weight excluding hydrogens is 396 g/mol. The standard InChI is InChI=1S/C28H38N2O2/c1-31-28-11-5-4-9-25(28)20-29(21-27-10-6-16-32-27)19-22-12-14-30(15-13-22)26-17-23-7-2-3-8-24(23)18-26/h2-5,7-9,11,22,26-27H,6,10,12-21H2,1H3/t27-/m1/s1. The van der Waals surface area contributed by atoms with E-state index in [2.05, 4.69) is 58.3 Å². The van der Waals surface area contributed by atoms with Crippen LogP contribution in [0.4, 0.5) is 0 Å². The largest absolute Gasteiger partial charge is 0.496 e. The quantitative estimate of drug-likeness (QED) is 0.608. The molecule has 172 valence electrons. The lowest BCUT2D eigenvalue weighted by Crippen LogP contribution is -2.44. The molecule has 0 amide bonds. The Morgan fingerprint density at radius 3 is 2.34 bits per heavy atom. The van der Waals surface area contributed by atoms with Gasteiger partial charge in [0.2, 0.25) is 0 Å². The molecular formula is C28H38N2O2. The van der Waals surface area contributed by atoms with Crippen molar-refractivity contribution in [1.29, 1.82) is 0 Å². The highest BCUT2D eigenvalue weighted by molar-refractivity contribution is 5.34. The van der Waals surface area contributed by atoms with Crippen molar-refractivity contribution in [2.75, 3.05) is 39.9 Å². The molecule has 4 nitrogen and oxygen atoms in total. The minimum atomic E-state index is 0.391. The summed E-state index contributed by atoms with van der Waals surface area (Å²) < 4.78 is 11.6. The first kappa shape index (κ1) is 21.9. The monoisotopic (exact) mass is 434 g/mol. The van der Waals surface area contributed by atoms with Crippen molar-refractivity contribution in [3.63, 3.8) is 0 Å². The molecule has 1 aliphatic carbocycles. The van der Waals surface area contributed by atoms with Gasteiger partial charge in [0.1, 0.15) is 5.75 Å². The first-order valence-electron chi connectivity index (χ1n) is 12.5. The maximum atomic E-state index is 6.00. The molecule has 32 heavy (non-hydrogen) atoms. The van der Waals surface area contributed by atoms with E-state index in [1.54, 1.807) is 18.2 Å². The Balaban J connectivity index is 1.18. The highest BCUT2D eigenvalue weighted by Crippen LogP contribution is 2.30. The lowest BCUT2D eigenvalue weighted by molar-refractivity contribution is 0.0539. The third-order valence-corrected chi connectivity index (χ3v) is 7.78. The van der Waals surface area contributed by atoms with Gasteiger partial charge in [-0.05, 0) is 74.7 Å². The van der Waals surface area contributed by atoms with Gasteiger partial charge in [-0.3, -0.25) is 9.80 Å². The van der Waals surface area contributed by atoms with E-state index in [-0.39, 0.29) is 0 Å². The zero-order valence-electron chi connectivity index (χ0n) is 19.5. The number of methoxy groups -OCH3 is 1. The van der Waals surface area contributed by atoms with E-state index in [4.69, 9.17) is 9.47 Å². The maximum absolute atomic E-state index is 6.00. The molecule has 2 aromatic rings. The van der Waals surface area contributed by atoms with E-state index < -0.39 is 0 Å². The molecule has 1 atom stereocenters. The zero-order valence-corrected chi connectivity index (χ0v) is 19.5. The van der Waals surface area contributed by atoms with Gasteiger partial charge in [-0.25, -0.2) is 0 Å². The number of nitrogens with zero attached hydrogens (tertiary/aromatic N) is 2. The molecule has 0 saturated carbocycles. The second kappa shape index (κ2) is 10.4. The highest BCUT2D eigenvalue weighted by Gasteiger charge is 2.31. The molecule has 2 heterocycles. The highest BCUT2D eigenvalue weighted by atomic mass is 16.5. The van der Waals surface area contributed by atoms with Crippen LogP contribution in [0.2, 0.25) is 0 Å². The molecule has 2 fully saturated rings. The normalized spacial score (nSPS) is 22.5. The van der Waals surface area contributed by atoms with Crippen molar-refractivity contribution in [3.8, 4) is 5.75 Å². The summed E-state index contributed by atoms with van der Waals surface area (Å²) in [4.78, 5) is 5.40. The van der Waals surface area contributed by atoms with E-state index in [0.717, 1.165) is 37.9 Å². The van der Waals surface area contributed by atoms with Gasteiger partial charge in [-0.1, -0.05) is 42.5 Å². The number of hydrogen-bond acceptors (Lipinski definition) is 4. The maximum Gasteiger partial charge on any atom is 0.123 e. The number of para-hydroxylation sites is 1. The van der Waals surface area contributed by atoms with Crippen molar-refractivity contribution in [1.82, 2.24) is 9.80 Å². The molecule has 0 spiro atoms. The Morgan fingerprint density at radius 1 is 0.938 bits per heavy atom. The summed E-state index contributed by atoms with van der Waals surface area (Å²) in [5, 5.41) is 0. The molecule has 4 heteroatoms. The van der Waals surface area contributed by atoms with Crippen molar-refractivity contribution < 1.29 is 9.47 Å². The van der Waals surface area contributed by atoms with Crippen LogP contribution in [0.3, 0.4) is 0 Å². The van der Waals surface area contributed by atoms with E-state index >= 15 is 0 Å². The molecule has 0 N–H and O–H groups in total. The zero-order chi connectivity index (χ0) is 21.8. The third kappa shape index (κ3) is 5.19. The summed E-state index contributed by atoms with van der Waals surface area (Å²) in [6.45, 7) is 6.56. The lowest BCUT2D eigenvalue weighted by atomic mass is 9.94. The van der Waals surface area contributed by atoms with Crippen molar-refractivity contribution in [2.24, 2.45) is 5.92 Å². The first-order valence-corrected chi connectivity index (χ1v) is 12.5. The number of rotatable bonds is 8. The van der Waals surface area contributed by atoms with Crippen LogP contribution < -0.4 is 4.74 Å². The molecule has 0 bridgehead atoms. The number of fused-ring (bicyclic) bond motifs is 1. The number of piperidine rings is 1. The Kier molecular flexibility index (Phi) is 7.11. The van der Waals surface area contributed by atoms with Crippen LogP contribution in [0.1, 0.15) is 42.4 Å². The van der Waals surface area contributed by atoms with Gasteiger partial charge in [-0.2, -0.15) is 0 Å². The Hall–Kier alpha value is -1.88. The van der Waals surface area contributed by atoms with Crippen LogP contribution in [0, 0.1) is 5.92 Å². The average molecular weight is 435 g/mol. The van der Waals surface area contributed by atoms with Gasteiger partial charge in [0, 0.05) is 37.8 Å². The molecule has 2 saturated heterocycles. The van der Waals surface area contributed by atoms with E-state index in [0.29, 0.717) is 12.1 Å². The van der Waals surface area contributed by atoms with Crippen LogP contribution in [-0.4, -0.2) is 61.8 Å². The summed E-state index contributed by atoms with van der Waals surface area (Å²) >= 11 is 0. The summed E-state index contributed by atoms with van der Waals surface area (Å²) in [6.07, 6.45) is 7.88. The first-order chi connectivity index (χ1) is 15.8. The van der Waals surface area contributed by atoms with Crippen LogP contribution >= 0.6 is 0 Å². The van der Waals surface area contributed by atoms with Crippen LogP contribution in [-0.2, 0) is 24.1 Å². The van der Waals surface area contributed by atoms with E-state index in [1.165, 1.54) is 57.2 Å². The molecule has 3 aliphatic rings. The van der Waals surface area contributed by atoms with Crippen molar-refractivity contribution >= 4 is 0 Å². The van der Waals surface area contributed by atoms with E-state index in [1.807, 2.05) is 0 Å². The topological polar surface area (TPSA) is 24.9 Å². The predicted molar refractivity (Wildman–Crippen MR) is 129 cm³/mol. The van der Waals surface area contributed by atoms with Crippen LogP contribution in [0.15, 0.2) is 48.5 Å². The van der Waals surface area contributed by atoms with Gasteiger partial charge in [0.15, 0.2) is 0 Å². The Bertz CT molecular complexity index is 846. The minimum absolute atomic E-state index is 0.391. The van der Waals surface area contributed by atoms with Gasteiger partial charge < -0.3 is 9.47 Å². The Labute approximate surface area is 193 Å². The summed E-state index contributed by atoms with van der Waals surface area (Å²) in [5.74, 6) is 1.77. The van der Waals surface area contributed by atoms with Gasteiger partial charge in [-0.15, -0.1) is 0 Å². The summed E-state index contributed by atoms with van der Waals surface area (Å²) in [6, 6.07) is 18.2. The SMILES string of the molecule is COc1ccccc1CN(CC1CCN(C2Cc3ccccc3C2)CC1)C[C@H]1CCCO1. The van der Waals surface area contributed by atoms with Crippen molar-refractivity contribution in [2.45, 2.75) is 57.2 Å². The van der Waals surface area contributed by atoms with Crippen molar-refractivity contribution in [3.05, 3.63) is 65.2 Å². The third-order valence-electron chi connectivity index (χ3n) is 7.78. The molecule has 0 radical (unpaired) electrons. The summed E-state index contributed by atoms with van der Waals surface area (Å²) in [7, 11) is 1.78. The Morgan fingerprint density at radius 2 is 1.66 bits per heavy atom. The molecule has 5 rings (SSSR count). The average Bonchev–Trinajstić information content (AvgIpc) is 3.49. The number of hydrogen-bond donors (Lipinski definition) is 0. The number of likely N-dealkylation sites (tertiary alicyclic amines) is 1. The lowest BCUT2D eigenvalue weighted by Gasteiger charge is -2.38. The molecule has 2 aliphatic heterocycles. The smallest absolute Gasteiger partial charge is 0.123 e. The minimum Gasteiger partial charge on any atom is -0.496 e. The molecule has 2 aromatic carbocycles.